The Balaban J connectivity index is 1.29. The van der Waals surface area contributed by atoms with E-state index in [1.165, 1.54) is 16.8 Å². The first kappa shape index (κ1) is 16.5. The minimum atomic E-state index is -0.255. The lowest BCUT2D eigenvalue weighted by Gasteiger charge is -2.29. The summed E-state index contributed by atoms with van der Waals surface area (Å²) in [6, 6.07) is 11.8. The van der Waals surface area contributed by atoms with Gasteiger partial charge in [0.05, 0.1) is 17.5 Å². The highest BCUT2D eigenvalue weighted by Crippen LogP contribution is 2.30. The molecule has 26 heavy (non-hydrogen) atoms. The van der Waals surface area contributed by atoms with Gasteiger partial charge in [-0.15, -0.1) is 0 Å². The molecule has 1 saturated heterocycles. The average molecular weight is 352 g/mol. The number of β-amino-alcohol motifs (C(OH)–C–C–N with tert-alkyl or cyclic N) is 1. The van der Waals surface area contributed by atoms with E-state index in [2.05, 4.69) is 56.8 Å². The van der Waals surface area contributed by atoms with Crippen LogP contribution in [0.2, 0.25) is 0 Å². The monoisotopic (exact) mass is 352 g/mol. The van der Waals surface area contributed by atoms with Crippen LogP contribution in [-0.4, -0.2) is 62.5 Å². The van der Waals surface area contributed by atoms with Gasteiger partial charge in [0.25, 0.3) is 0 Å². The maximum Gasteiger partial charge on any atom is 0.0834 e. The summed E-state index contributed by atoms with van der Waals surface area (Å²) in [5, 5.41) is 15.4. The lowest BCUT2D eigenvalue weighted by molar-refractivity contribution is 0.0788. The molecular formula is C21H28N4O. The van der Waals surface area contributed by atoms with Crippen molar-refractivity contribution in [3.8, 4) is 0 Å². The van der Waals surface area contributed by atoms with Gasteiger partial charge in [0.2, 0.25) is 0 Å². The molecule has 5 nitrogen and oxygen atoms in total. The number of aryl methyl sites for hydroxylation is 2. The van der Waals surface area contributed by atoms with E-state index in [1.807, 2.05) is 0 Å². The molecule has 1 aliphatic carbocycles. The molecule has 0 bridgehead atoms. The van der Waals surface area contributed by atoms with E-state index in [-0.39, 0.29) is 12.1 Å². The minimum Gasteiger partial charge on any atom is -0.390 e. The van der Waals surface area contributed by atoms with Crippen molar-refractivity contribution in [3.05, 3.63) is 52.8 Å². The topological polar surface area (TPSA) is 44.5 Å². The third-order valence-electron chi connectivity index (χ3n) is 6.47. The zero-order valence-electron chi connectivity index (χ0n) is 15.5. The standard InChI is InChI=1S/C21H28N4O/c1-15-9-19-12-23(7-4-8-25(19)22-15)20-13-24(14-21(20)26)18-10-16-5-2-3-6-17(16)11-18/h2-3,5-6,9,18,20-21,26H,4,7-8,10-14H2,1H3/t20-,21-/m0/s1. The predicted octanol–water partition coefficient (Wildman–Crippen LogP) is 1.61. The maximum absolute atomic E-state index is 10.8. The molecule has 5 rings (SSSR count). The summed E-state index contributed by atoms with van der Waals surface area (Å²) in [6.07, 6.45) is 3.10. The summed E-state index contributed by atoms with van der Waals surface area (Å²) in [5.74, 6) is 0. The van der Waals surface area contributed by atoms with Crippen LogP contribution in [0.25, 0.3) is 0 Å². The lowest BCUT2D eigenvalue weighted by Crippen LogP contribution is -2.43. The smallest absolute Gasteiger partial charge is 0.0834 e. The zero-order chi connectivity index (χ0) is 17.7. The summed E-state index contributed by atoms with van der Waals surface area (Å²) >= 11 is 0. The first-order valence-electron chi connectivity index (χ1n) is 9.93. The van der Waals surface area contributed by atoms with Crippen LogP contribution in [0.4, 0.5) is 0 Å². The Morgan fingerprint density at radius 1 is 1.04 bits per heavy atom. The van der Waals surface area contributed by atoms with Crippen molar-refractivity contribution in [2.45, 2.75) is 57.5 Å². The molecule has 0 spiro atoms. The summed E-state index contributed by atoms with van der Waals surface area (Å²) < 4.78 is 2.15. The van der Waals surface area contributed by atoms with E-state index in [1.54, 1.807) is 0 Å². The molecule has 5 heteroatoms. The quantitative estimate of drug-likeness (QED) is 0.892. The van der Waals surface area contributed by atoms with Crippen molar-refractivity contribution in [1.82, 2.24) is 19.6 Å². The van der Waals surface area contributed by atoms with E-state index in [9.17, 15) is 5.11 Å². The molecule has 2 aromatic rings. The number of benzene rings is 1. The molecule has 0 unspecified atom stereocenters. The largest absolute Gasteiger partial charge is 0.390 e. The molecule has 2 atom stereocenters. The first-order valence-corrected chi connectivity index (χ1v) is 9.93. The third-order valence-corrected chi connectivity index (χ3v) is 6.47. The van der Waals surface area contributed by atoms with Gasteiger partial charge in [-0.3, -0.25) is 14.5 Å². The highest BCUT2D eigenvalue weighted by atomic mass is 16.3. The van der Waals surface area contributed by atoms with E-state index in [0.717, 1.165) is 57.7 Å². The molecule has 0 radical (unpaired) electrons. The molecule has 0 saturated carbocycles. The number of aliphatic hydroxyl groups is 1. The molecule has 1 aromatic heterocycles. The number of aliphatic hydroxyl groups excluding tert-OH is 1. The van der Waals surface area contributed by atoms with E-state index >= 15 is 0 Å². The van der Waals surface area contributed by atoms with Gasteiger partial charge in [0, 0.05) is 44.8 Å². The molecule has 2 aliphatic heterocycles. The number of hydrogen-bond acceptors (Lipinski definition) is 4. The molecule has 1 aromatic carbocycles. The van der Waals surface area contributed by atoms with Crippen LogP contribution in [-0.2, 0) is 25.9 Å². The lowest BCUT2D eigenvalue weighted by atomic mass is 10.1. The van der Waals surface area contributed by atoms with Crippen molar-refractivity contribution in [2.24, 2.45) is 0 Å². The van der Waals surface area contributed by atoms with Gasteiger partial charge >= 0.3 is 0 Å². The predicted molar refractivity (Wildman–Crippen MR) is 101 cm³/mol. The van der Waals surface area contributed by atoms with Crippen LogP contribution in [0.15, 0.2) is 30.3 Å². The van der Waals surface area contributed by atoms with E-state index in [4.69, 9.17) is 0 Å². The molecule has 1 fully saturated rings. The number of nitrogens with zero attached hydrogens (tertiary/aromatic N) is 4. The Kier molecular flexibility index (Phi) is 4.11. The van der Waals surface area contributed by atoms with Gasteiger partial charge in [-0.05, 0) is 43.4 Å². The number of fused-ring (bicyclic) bond motifs is 2. The third kappa shape index (κ3) is 2.88. The number of aromatic nitrogens is 2. The highest BCUT2D eigenvalue weighted by Gasteiger charge is 2.40. The second-order valence-electron chi connectivity index (χ2n) is 8.24. The molecule has 1 N–H and O–H groups in total. The fraction of sp³-hybridized carbons (Fsp3) is 0.571. The molecule has 0 amide bonds. The minimum absolute atomic E-state index is 0.237. The molecular weight excluding hydrogens is 324 g/mol. The second-order valence-corrected chi connectivity index (χ2v) is 8.24. The Hall–Kier alpha value is -1.69. The maximum atomic E-state index is 10.8. The summed E-state index contributed by atoms with van der Waals surface area (Å²) in [5.41, 5.74) is 5.37. The normalized spacial score (nSPS) is 27.5. The van der Waals surface area contributed by atoms with Crippen LogP contribution >= 0.6 is 0 Å². The first-order chi connectivity index (χ1) is 12.7. The van der Waals surface area contributed by atoms with Gasteiger partial charge in [-0.25, -0.2) is 0 Å². The summed E-state index contributed by atoms with van der Waals surface area (Å²) in [4.78, 5) is 5.02. The Bertz CT molecular complexity index is 776. The molecule has 3 aliphatic rings. The Morgan fingerprint density at radius 2 is 1.81 bits per heavy atom. The van der Waals surface area contributed by atoms with Crippen molar-refractivity contribution in [1.29, 1.82) is 0 Å². The van der Waals surface area contributed by atoms with Crippen LogP contribution < -0.4 is 0 Å². The Labute approximate surface area is 155 Å². The van der Waals surface area contributed by atoms with Crippen molar-refractivity contribution >= 4 is 0 Å². The van der Waals surface area contributed by atoms with Gasteiger partial charge in [0.15, 0.2) is 0 Å². The van der Waals surface area contributed by atoms with Crippen LogP contribution in [0.3, 0.4) is 0 Å². The van der Waals surface area contributed by atoms with E-state index in [0.29, 0.717) is 6.04 Å². The Morgan fingerprint density at radius 3 is 2.58 bits per heavy atom. The fourth-order valence-corrected chi connectivity index (χ4v) is 5.16. The van der Waals surface area contributed by atoms with Gasteiger partial charge in [-0.1, -0.05) is 24.3 Å². The van der Waals surface area contributed by atoms with Crippen molar-refractivity contribution in [3.63, 3.8) is 0 Å². The van der Waals surface area contributed by atoms with Crippen LogP contribution in [0.1, 0.15) is 28.9 Å². The van der Waals surface area contributed by atoms with Crippen LogP contribution in [0, 0.1) is 6.92 Å². The van der Waals surface area contributed by atoms with Gasteiger partial charge in [0.1, 0.15) is 0 Å². The zero-order valence-corrected chi connectivity index (χ0v) is 15.5. The average Bonchev–Trinajstić information content (AvgIpc) is 3.28. The summed E-state index contributed by atoms with van der Waals surface area (Å²) in [6.45, 7) is 6.79. The van der Waals surface area contributed by atoms with E-state index < -0.39 is 0 Å². The molecule has 3 heterocycles. The van der Waals surface area contributed by atoms with Gasteiger partial charge < -0.3 is 5.11 Å². The van der Waals surface area contributed by atoms with Crippen molar-refractivity contribution < 1.29 is 5.11 Å². The number of rotatable bonds is 2. The number of likely N-dealkylation sites (tertiary alicyclic amines) is 1. The fourth-order valence-electron chi connectivity index (χ4n) is 5.16. The summed E-state index contributed by atoms with van der Waals surface area (Å²) in [7, 11) is 0. The number of hydrogen-bond donors (Lipinski definition) is 1. The molecule has 138 valence electrons. The van der Waals surface area contributed by atoms with Crippen LogP contribution in [0.5, 0.6) is 0 Å². The SMILES string of the molecule is Cc1cc2n(n1)CCCN([C@H]1CN(C3Cc4ccccc4C3)C[C@@H]1O)C2. The second kappa shape index (κ2) is 6.48. The highest BCUT2D eigenvalue weighted by molar-refractivity contribution is 5.33. The van der Waals surface area contributed by atoms with Gasteiger partial charge in [-0.2, -0.15) is 5.10 Å². The van der Waals surface area contributed by atoms with Crippen molar-refractivity contribution in [2.75, 3.05) is 19.6 Å².